The van der Waals surface area contributed by atoms with E-state index in [0.717, 1.165) is 0 Å². The molecule has 6 heavy (non-hydrogen) atoms. The van der Waals surface area contributed by atoms with Gasteiger partial charge in [0, 0.05) is 21.7 Å². The van der Waals surface area contributed by atoms with Crippen LogP contribution in [0.1, 0.15) is 0 Å². The first-order chi connectivity index (χ1) is 1.73. The second-order valence-electron chi connectivity index (χ2n) is 0.289. The Bertz CT molecular complexity index is 15.5. The molecule has 0 aliphatic rings. The minimum atomic E-state index is -2.92. The third-order valence-corrected chi connectivity index (χ3v) is 0. The van der Waals surface area contributed by atoms with Crippen LogP contribution in [0.5, 0.6) is 0 Å². The van der Waals surface area contributed by atoms with Gasteiger partial charge in [0.15, 0.2) is 0 Å². The van der Waals surface area contributed by atoms with Crippen LogP contribution in [0.4, 0.5) is 0 Å². The topological polar surface area (TPSA) is 69.2 Å². The summed E-state index contributed by atoms with van der Waals surface area (Å²) >= 11 is 0. The molecule has 0 heterocycles. The summed E-state index contributed by atoms with van der Waals surface area (Å²) in [6.45, 7) is 0. The van der Waals surface area contributed by atoms with Crippen molar-refractivity contribution in [2.24, 2.45) is 0 Å². The molecule has 3 nitrogen and oxygen atoms in total. The first-order valence-corrected chi connectivity index (χ1v) is 0.707. The molecule has 2 radical (unpaired) electrons. The van der Waals surface area contributed by atoms with Gasteiger partial charge < -0.3 is 15.1 Å². The van der Waals surface area contributed by atoms with Gasteiger partial charge in [-0.15, -0.1) is 0 Å². The van der Waals surface area contributed by atoms with E-state index in [9.17, 15) is 0 Å². The van der Waals surface area contributed by atoms with Gasteiger partial charge in [-0.3, -0.25) is 7.32 Å². The average molecular weight is 316 g/mol. The molecule has 0 N–H and O–H groups in total. The molecule has 0 aliphatic heterocycles. The standard InChI is InChI=1S/BO3.Bi.Ti/c2-1(3)4;;/q-3;+3;. The minimum absolute atomic E-state index is 0. The molecular formula is BBiO3Ti. The molecule has 30 valence electrons. The van der Waals surface area contributed by atoms with Gasteiger partial charge in [0.25, 0.3) is 0 Å². The van der Waals surface area contributed by atoms with E-state index < -0.39 is 7.32 Å². The molecule has 0 spiro atoms. The van der Waals surface area contributed by atoms with Crippen LogP contribution in [0.15, 0.2) is 0 Å². The van der Waals surface area contributed by atoms with Crippen molar-refractivity contribution in [1.29, 1.82) is 0 Å². The Kier molecular flexibility index (Phi) is 25.4. The molecule has 0 saturated heterocycles. The van der Waals surface area contributed by atoms with Crippen molar-refractivity contribution in [2.75, 3.05) is 0 Å². The van der Waals surface area contributed by atoms with Gasteiger partial charge in [-0.05, 0) is 0 Å². The molecule has 0 aromatic carbocycles. The fourth-order valence-corrected chi connectivity index (χ4v) is 0. The van der Waals surface area contributed by atoms with Crippen molar-refractivity contribution in [3.05, 3.63) is 0 Å². The molecule has 0 aromatic heterocycles. The van der Waals surface area contributed by atoms with E-state index in [2.05, 4.69) is 0 Å². The summed E-state index contributed by atoms with van der Waals surface area (Å²) in [4.78, 5) is 0. The third-order valence-electron chi connectivity index (χ3n) is 0. The van der Waals surface area contributed by atoms with Crippen LogP contribution in [0, 0.1) is 0 Å². The van der Waals surface area contributed by atoms with E-state index in [1.165, 1.54) is 0 Å². The quantitative estimate of drug-likeness (QED) is 0.425. The Morgan fingerprint density at radius 1 is 1.00 bits per heavy atom. The maximum Gasteiger partial charge on any atom is 3.00 e. The molecule has 0 rings (SSSR count). The second-order valence-corrected chi connectivity index (χ2v) is 0.289. The molecule has 0 aromatic rings. The van der Waals surface area contributed by atoms with E-state index in [1.54, 1.807) is 0 Å². The minimum Gasteiger partial charge on any atom is -0.907 e. The largest absolute Gasteiger partial charge is 3.00 e. The van der Waals surface area contributed by atoms with Gasteiger partial charge in [-0.1, -0.05) is 0 Å². The molecule has 0 saturated carbocycles. The molecule has 0 amide bonds. The van der Waals surface area contributed by atoms with Crippen molar-refractivity contribution in [1.82, 2.24) is 0 Å². The molecule has 0 aliphatic carbocycles. The summed E-state index contributed by atoms with van der Waals surface area (Å²) in [5, 5.41) is 25.2. The van der Waals surface area contributed by atoms with Crippen LogP contribution < -0.4 is 15.1 Å². The number of hydrogen-bond donors (Lipinski definition) is 0. The smallest absolute Gasteiger partial charge is 0.907 e. The van der Waals surface area contributed by atoms with Crippen LogP contribution in [-0.4, -0.2) is 33.5 Å². The average Bonchev–Trinajstić information content (AvgIpc) is 0.811. The Morgan fingerprint density at radius 2 is 1.00 bits per heavy atom. The van der Waals surface area contributed by atoms with Crippen molar-refractivity contribution in [3.63, 3.8) is 0 Å². The van der Waals surface area contributed by atoms with Crippen molar-refractivity contribution < 1.29 is 36.8 Å². The zero-order valence-corrected chi connectivity index (χ0v) is 7.79. The zero-order valence-electron chi connectivity index (χ0n) is 2.75. The van der Waals surface area contributed by atoms with Crippen LogP contribution in [0.2, 0.25) is 0 Å². The van der Waals surface area contributed by atoms with Crippen LogP contribution in [-0.2, 0) is 21.7 Å². The number of rotatable bonds is 0. The van der Waals surface area contributed by atoms with Crippen molar-refractivity contribution in [3.8, 4) is 0 Å². The molecule has 0 bridgehead atoms. The first-order valence-electron chi connectivity index (χ1n) is 0.707. The van der Waals surface area contributed by atoms with Crippen LogP contribution >= 0.6 is 0 Å². The van der Waals surface area contributed by atoms with Crippen LogP contribution in [0.25, 0.3) is 0 Å². The van der Waals surface area contributed by atoms with Gasteiger partial charge in [0.1, 0.15) is 0 Å². The predicted octanol–water partition coefficient (Wildman–Crippen LogP) is -4.33. The Morgan fingerprint density at radius 3 is 1.00 bits per heavy atom. The first kappa shape index (κ1) is 15.6. The molecule has 0 atom stereocenters. The zero-order chi connectivity index (χ0) is 3.58. The van der Waals surface area contributed by atoms with E-state index in [4.69, 9.17) is 15.1 Å². The molecule has 6 heteroatoms. The van der Waals surface area contributed by atoms with E-state index in [-0.39, 0.29) is 47.9 Å². The molecule has 0 unspecified atom stereocenters. The third kappa shape index (κ3) is 48.1. The summed E-state index contributed by atoms with van der Waals surface area (Å²) in [6.07, 6.45) is 0. The summed E-state index contributed by atoms with van der Waals surface area (Å²) < 4.78 is 0. The van der Waals surface area contributed by atoms with E-state index in [0.29, 0.717) is 0 Å². The Labute approximate surface area is 69.9 Å². The van der Waals surface area contributed by atoms with Gasteiger partial charge in [0.05, 0.1) is 0 Å². The van der Waals surface area contributed by atoms with Gasteiger partial charge in [-0.25, -0.2) is 0 Å². The maximum atomic E-state index is 8.42. The molecule has 0 fully saturated rings. The van der Waals surface area contributed by atoms with Gasteiger partial charge in [-0.2, -0.15) is 0 Å². The summed E-state index contributed by atoms with van der Waals surface area (Å²) in [6, 6.07) is 0. The van der Waals surface area contributed by atoms with E-state index >= 15 is 0 Å². The fraction of sp³-hybridized carbons (Fsp3) is 0. The fourth-order valence-electron chi connectivity index (χ4n) is 0. The Balaban J connectivity index is -0.0000000450. The van der Waals surface area contributed by atoms with Crippen LogP contribution in [0.3, 0.4) is 0 Å². The summed E-state index contributed by atoms with van der Waals surface area (Å²) in [5.41, 5.74) is 0. The van der Waals surface area contributed by atoms with Crippen molar-refractivity contribution >= 4 is 33.5 Å². The maximum absolute atomic E-state index is 8.42. The SMILES string of the molecule is [Bi+3].[O-]B([O-])[O-].[Ti]. The van der Waals surface area contributed by atoms with Gasteiger partial charge in [0.2, 0.25) is 0 Å². The van der Waals surface area contributed by atoms with Gasteiger partial charge >= 0.3 is 26.2 Å². The monoisotopic (exact) mass is 316 g/mol. The predicted molar refractivity (Wildman–Crippen MR) is 11.5 cm³/mol. The normalized spacial score (nSPS) is 4.50. The second kappa shape index (κ2) is 9.74. The summed E-state index contributed by atoms with van der Waals surface area (Å²) in [7, 11) is -2.92. The number of hydrogen-bond acceptors (Lipinski definition) is 3. The molecular weight excluding hydrogens is 316 g/mol. The van der Waals surface area contributed by atoms with Crippen molar-refractivity contribution in [2.45, 2.75) is 0 Å². The van der Waals surface area contributed by atoms with E-state index in [1.807, 2.05) is 0 Å². The Hall–Kier alpha value is 1.54. The summed E-state index contributed by atoms with van der Waals surface area (Å²) in [5.74, 6) is 0.